The van der Waals surface area contributed by atoms with E-state index in [0.717, 1.165) is 35.6 Å². The van der Waals surface area contributed by atoms with Crippen LogP contribution >= 0.6 is 23.2 Å². The summed E-state index contributed by atoms with van der Waals surface area (Å²) in [6.07, 6.45) is 4.76. The van der Waals surface area contributed by atoms with Crippen LogP contribution in [0.5, 0.6) is 0 Å². The van der Waals surface area contributed by atoms with E-state index in [4.69, 9.17) is 23.2 Å². The number of carbonyl (C=O) groups excluding carboxylic acids is 2. The smallest absolute Gasteiger partial charge is 0.264 e. The maximum absolute atomic E-state index is 14.3. The summed E-state index contributed by atoms with van der Waals surface area (Å²) in [5, 5.41) is 3.82. The van der Waals surface area contributed by atoms with E-state index in [0.29, 0.717) is 34.1 Å². The molecular formula is C32H37Cl2N3O4S. The third-order valence-corrected chi connectivity index (χ3v) is 10.2. The van der Waals surface area contributed by atoms with Crippen molar-refractivity contribution >= 4 is 50.7 Å². The SMILES string of the molecule is CCc1ccccc1N(CC(=O)N(Cc1c(Cl)cccc1Cl)[C@@H](CC)C(=O)NC1CCCC1)S(=O)(=O)c1ccccc1. The molecule has 3 aromatic rings. The van der Waals surface area contributed by atoms with Gasteiger partial charge in [0.1, 0.15) is 12.6 Å². The van der Waals surface area contributed by atoms with E-state index < -0.39 is 28.5 Å². The topological polar surface area (TPSA) is 86.8 Å². The highest BCUT2D eigenvalue weighted by molar-refractivity contribution is 7.92. The molecular weight excluding hydrogens is 593 g/mol. The van der Waals surface area contributed by atoms with Crippen LogP contribution in [0.4, 0.5) is 5.69 Å². The Morgan fingerprint density at radius 2 is 1.52 bits per heavy atom. The van der Waals surface area contributed by atoms with Crippen LogP contribution in [0.25, 0.3) is 0 Å². The largest absolute Gasteiger partial charge is 0.352 e. The first-order chi connectivity index (χ1) is 20.2. The Hall–Kier alpha value is -3.07. The van der Waals surface area contributed by atoms with Gasteiger partial charge in [-0.15, -0.1) is 0 Å². The van der Waals surface area contributed by atoms with Gasteiger partial charge in [-0.3, -0.25) is 13.9 Å². The highest BCUT2D eigenvalue weighted by atomic mass is 35.5. The predicted octanol–water partition coefficient (Wildman–Crippen LogP) is 6.62. The molecule has 0 radical (unpaired) electrons. The van der Waals surface area contributed by atoms with Crippen molar-refractivity contribution in [1.82, 2.24) is 10.2 Å². The van der Waals surface area contributed by atoms with Crippen molar-refractivity contribution in [2.75, 3.05) is 10.8 Å². The van der Waals surface area contributed by atoms with Crippen molar-refractivity contribution in [3.8, 4) is 0 Å². The highest BCUT2D eigenvalue weighted by Crippen LogP contribution is 2.30. The average Bonchev–Trinajstić information content (AvgIpc) is 3.50. The number of para-hydroxylation sites is 1. The van der Waals surface area contributed by atoms with Crippen molar-refractivity contribution < 1.29 is 18.0 Å². The number of amides is 2. The Morgan fingerprint density at radius 1 is 0.905 bits per heavy atom. The number of nitrogens with zero attached hydrogens (tertiary/aromatic N) is 2. The van der Waals surface area contributed by atoms with Gasteiger partial charge in [0.05, 0.1) is 10.6 Å². The molecule has 0 unspecified atom stereocenters. The number of rotatable bonds is 12. The Bertz CT molecular complexity index is 1470. The van der Waals surface area contributed by atoms with Crippen molar-refractivity contribution in [2.45, 2.75) is 75.9 Å². The maximum Gasteiger partial charge on any atom is 0.264 e. The summed E-state index contributed by atoms with van der Waals surface area (Å²) >= 11 is 13.0. The molecule has 7 nitrogen and oxygen atoms in total. The van der Waals surface area contributed by atoms with Crippen LogP contribution in [-0.2, 0) is 32.6 Å². The van der Waals surface area contributed by atoms with Crippen molar-refractivity contribution in [3.05, 3.63) is 94.0 Å². The molecule has 10 heteroatoms. The van der Waals surface area contributed by atoms with Gasteiger partial charge in [0.2, 0.25) is 11.8 Å². The zero-order valence-corrected chi connectivity index (χ0v) is 26.3. The van der Waals surface area contributed by atoms with Crippen molar-refractivity contribution in [3.63, 3.8) is 0 Å². The number of hydrogen-bond acceptors (Lipinski definition) is 4. The number of nitrogens with one attached hydrogen (secondary N) is 1. The summed E-state index contributed by atoms with van der Waals surface area (Å²) in [6, 6.07) is 19.4. The first kappa shape index (κ1) is 31.9. The number of carbonyl (C=O) groups is 2. The fraction of sp³-hybridized carbons (Fsp3) is 0.375. The summed E-state index contributed by atoms with van der Waals surface area (Å²) < 4.78 is 29.3. The minimum Gasteiger partial charge on any atom is -0.352 e. The molecule has 0 aliphatic heterocycles. The van der Waals surface area contributed by atoms with Gasteiger partial charge in [-0.25, -0.2) is 8.42 Å². The van der Waals surface area contributed by atoms with E-state index in [2.05, 4.69) is 5.32 Å². The summed E-state index contributed by atoms with van der Waals surface area (Å²) in [4.78, 5) is 29.4. The first-order valence-corrected chi connectivity index (χ1v) is 16.5. The Balaban J connectivity index is 1.77. The molecule has 2 amide bonds. The molecule has 1 aliphatic carbocycles. The number of halogens is 2. The second-order valence-corrected chi connectivity index (χ2v) is 13.1. The first-order valence-electron chi connectivity index (χ1n) is 14.4. The highest BCUT2D eigenvalue weighted by Gasteiger charge is 2.35. The van der Waals surface area contributed by atoms with E-state index in [-0.39, 0.29) is 23.4 Å². The number of benzene rings is 3. The normalized spacial score (nSPS) is 14.4. The van der Waals surface area contributed by atoms with Crippen LogP contribution in [0.2, 0.25) is 10.0 Å². The minimum atomic E-state index is -4.14. The third kappa shape index (κ3) is 7.28. The van der Waals surface area contributed by atoms with Crippen LogP contribution in [0, 0.1) is 0 Å². The standard InChI is InChI=1S/C32H37Cl2N3O4S/c1-3-23-13-8-11-20-30(23)37(42(40,41)25-16-6-5-7-17-25)22-31(38)36(21-26-27(33)18-12-19-28(26)34)29(4-2)32(39)35-24-14-9-10-15-24/h5-8,11-13,16-20,24,29H,3-4,9-10,14-15,21-22H2,1-2H3,(H,35,39)/t29-/m0/s1. The number of hydrogen-bond donors (Lipinski definition) is 1. The molecule has 0 saturated heterocycles. The number of aryl methyl sites for hydroxylation is 1. The molecule has 1 atom stereocenters. The number of sulfonamides is 1. The molecule has 1 fully saturated rings. The van der Waals surface area contributed by atoms with Gasteiger partial charge in [-0.2, -0.15) is 0 Å². The minimum absolute atomic E-state index is 0.0530. The Labute approximate surface area is 258 Å². The van der Waals surface area contributed by atoms with Crippen LogP contribution in [0.1, 0.15) is 57.1 Å². The molecule has 0 spiro atoms. The Kier molecular flexibility index (Phi) is 10.9. The molecule has 1 N–H and O–H groups in total. The van der Waals surface area contributed by atoms with E-state index in [1.165, 1.54) is 17.0 Å². The Morgan fingerprint density at radius 3 is 2.14 bits per heavy atom. The molecule has 42 heavy (non-hydrogen) atoms. The predicted molar refractivity (Wildman–Crippen MR) is 168 cm³/mol. The third-order valence-electron chi connectivity index (χ3n) is 7.73. The van der Waals surface area contributed by atoms with Gasteiger partial charge < -0.3 is 10.2 Å². The van der Waals surface area contributed by atoms with Gasteiger partial charge >= 0.3 is 0 Å². The van der Waals surface area contributed by atoms with Crippen LogP contribution < -0.4 is 9.62 Å². The molecule has 0 bridgehead atoms. The molecule has 4 rings (SSSR count). The van der Waals surface area contributed by atoms with E-state index >= 15 is 0 Å². The quantitative estimate of drug-likeness (QED) is 0.244. The van der Waals surface area contributed by atoms with Gasteiger partial charge in [0.25, 0.3) is 10.0 Å². The lowest BCUT2D eigenvalue weighted by atomic mass is 10.1. The lowest BCUT2D eigenvalue weighted by Crippen LogP contribution is -2.53. The zero-order chi connectivity index (χ0) is 30.3. The second kappa shape index (κ2) is 14.4. The average molecular weight is 631 g/mol. The molecule has 0 aromatic heterocycles. The van der Waals surface area contributed by atoms with E-state index in [1.807, 2.05) is 26.0 Å². The van der Waals surface area contributed by atoms with Crippen LogP contribution in [-0.4, -0.2) is 43.8 Å². The monoisotopic (exact) mass is 629 g/mol. The van der Waals surface area contributed by atoms with Gasteiger partial charge in [0.15, 0.2) is 0 Å². The van der Waals surface area contributed by atoms with Crippen LogP contribution in [0.15, 0.2) is 77.7 Å². The lowest BCUT2D eigenvalue weighted by Gasteiger charge is -2.34. The maximum atomic E-state index is 14.3. The van der Waals surface area contributed by atoms with Gasteiger partial charge in [-0.05, 0) is 61.6 Å². The van der Waals surface area contributed by atoms with Gasteiger partial charge in [-0.1, -0.05) is 92.4 Å². The van der Waals surface area contributed by atoms with Crippen LogP contribution in [0.3, 0.4) is 0 Å². The zero-order valence-electron chi connectivity index (χ0n) is 23.9. The van der Waals surface area contributed by atoms with Crippen molar-refractivity contribution in [1.29, 1.82) is 0 Å². The van der Waals surface area contributed by atoms with E-state index in [9.17, 15) is 18.0 Å². The fourth-order valence-corrected chi connectivity index (χ4v) is 7.42. The van der Waals surface area contributed by atoms with Gasteiger partial charge in [0, 0.05) is 28.2 Å². The lowest BCUT2D eigenvalue weighted by molar-refractivity contribution is -0.140. The number of anilines is 1. The summed E-state index contributed by atoms with van der Waals surface area (Å²) in [6.45, 7) is 3.20. The summed E-state index contributed by atoms with van der Waals surface area (Å²) in [5.41, 5.74) is 1.68. The molecule has 0 heterocycles. The molecule has 1 saturated carbocycles. The molecule has 1 aliphatic rings. The summed E-state index contributed by atoms with van der Waals surface area (Å²) in [5.74, 6) is -0.808. The fourth-order valence-electron chi connectivity index (χ4n) is 5.43. The second-order valence-electron chi connectivity index (χ2n) is 10.4. The van der Waals surface area contributed by atoms with E-state index in [1.54, 1.807) is 48.5 Å². The summed E-state index contributed by atoms with van der Waals surface area (Å²) in [7, 11) is -4.14. The molecule has 3 aromatic carbocycles. The van der Waals surface area contributed by atoms with Crippen molar-refractivity contribution in [2.24, 2.45) is 0 Å². The molecule has 224 valence electrons.